The number of phenolic OH excluding ortho intramolecular Hbond substituents is 1. The first-order valence-electron chi connectivity index (χ1n) is 18.7. The number of carbonyl (C=O) groups is 1. The third-order valence-corrected chi connectivity index (χ3v) is 12.2. The molecule has 268 valence electrons. The van der Waals surface area contributed by atoms with Crippen LogP contribution in [-0.2, 0) is 16.0 Å². The molecule has 1 saturated carbocycles. The maximum atomic E-state index is 12.4. The number of ether oxygens (including phenoxy) is 2. The van der Waals surface area contributed by atoms with E-state index in [4.69, 9.17) is 20.2 Å². The molecule has 11 heteroatoms. The first kappa shape index (κ1) is 34.4. The average Bonchev–Trinajstić information content (AvgIpc) is 3.08. The van der Waals surface area contributed by atoms with Crippen LogP contribution in [0.25, 0.3) is 0 Å². The van der Waals surface area contributed by atoms with E-state index in [0.717, 1.165) is 83.5 Å². The summed E-state index contributed by atoms with van der Waals surface area (Å²) in [5.41, 5.74) is 7.10. The number of guanidine groups is 1. The molecule has 4 fully saturated rings. The van der Waals surface area contributed by atoms with Crippen molar-refractivity contribution < 1.29 is 24.5 Å². The predicted molar refractivity (Wildman–Crippen MR) is 188 cm³/mol. The van der Waals surface area contributed by atoms with Crippen LogP contribution >= 0.6 is 0 Å². The van der Waals surface area contributed by atoms with Gasteiger partial charge >= 0.3 is 5.97 Å². The Morgan fingerprint density at radius 2 is 1.86 bits per heavy atom. The number of phenols is 1. The van der Waals surface area contributed by atoms with Crippen molar-refractivity contribution in [2.75, 3.05) is 59.0 Å². The summed E-state index contributed by atoms with van der Waals surface area (Å²) in [4.78, 5) is 22.3. The minimum absolute atomic E-state index is 0.0321. The Kier molecular flexibility index (Phi) is 10.6. The van der Waals surface area contributed by atoms with E-state index in [2.05, 4.69) is 32.3 Å². The van der Waals surface area contributed by atoms with Crippen LogP contribution in [-0.4, -0.2) is 109 Å². The highest BCUT2D eigenvalue weighted by atomic mass is 16.5. The molecule has 0 aromatic heterocycles. The molecule has 6 N–H and O–H groups in total. The summed E-state index contributed by atoms with van der Waals surface area (Å²) >= 11 is 0. The number of aliphatic hydroxyl groups excluding tert-OH is 1. The van der Waals surface area contributed by atoms with E-state index in [9.17, 15) is 15.0 Å². The van der Waals surface area contributed by atoms with Crippen LogP contribution in [0, 0.1) is 46.8 Å². The Bertz CT molecular complexity index is 1410. The molecule has 5 heterocycles. The van der Waals surface area contributed by atoms with Gasteiger partial charge in [0.1, 0.15) is 12.2 Å². The van der Waals surface area contributed by atoms with Gasteiger partial charge in [-0.1, -0.05) is 12.0 Å². The zero-order valence-electron chi connectivity index (χ0n) is 29.1. The number of hydrogen-bond donors (Lipinski definition) is 5. The number of aromatic hydroxyl groups is 1. The fraction of sp³-hybridized carbons (Fsp3) is 0.737. The van der Waals surface area contributed by atoms with E-state index in [1.807, 2.05) is 12.1 Å². The van der Waals surface area contributed by atoms with Gasteiger partial charge in [-0.15, -0.1) is 5.92 Å². The monoisotopic (exact) mass is 676 g/mol. The van der Waals surface area contributed by atoms with Crippen molar-refractivity contribution >= 4 is 11.9 Å². The largest absolute Gasteiger partial charge is 0.504 e. The molecule has 8 unspecified atom stereocenters. The third-order valence-electron chi connectivity index (χ3n) is 12.2. The summed E-state index contributed by atoms with van der Waals surface area (Å²) in [6, 6.07) is 5.52. The number of fused-ring (bicyclic) bond motifs is 4. The van der Waals surface area contributed by atoms with Gasteiger partial charge in [0.05, 0.1) is 18.2 Å². The second-order valence-corrected chi connectivity index (χ2v) is 15.9. The minimum atomic E-state index is -0.627. The molecule has 11 nitrogen and oxygen atoms in total. The molecule has 0 amide bonds. The van der Waals surface area contributed by atoms with Gasteiger partial charge in [-0.2, -0.15) is 0 Å². The van der Waals surface area contributed by atoms with Gasteiger partial charge in [0.2, 0.25) is 0 Å². The number of rotatable bonds is 5. The quantitative estimate of drug-likeness (QED) is 0.233. The predicted octanol–water partition coefficient (Wildman–Crippen LogP) is 2.30. The molecule has 1 aromatic rings. The van der Waals surface area contributed by atoms with Crippen LogP contribution < -0.4 is 21.1 Å². The summed E-state index contributed by atoms with van der Waals surface area (Å²) in [6.45, 7) is 9.85. The second kappa shape index (κ2) is 15.1. The molecule has 8 atom stereocenters. The Balaban J connectivity index is 1.18. The van der Waals surface area contributed by atoms with Crippen LogP contribution in [0.2, 0.25) is 0 Å². The molecule has 6 bridgehead atoms. The molecular weight excluding hydrogens is 620 g/mol. The third kappa shape index (κ3) is 8.30. The lowest BCUT2D eigenvalue weighted by molar-refractivity contribution is -0.151. The van der Waals surface area contributed by atoms with Crippen LogP contribution in [0.15, 0.2) is 23.2 Å². The summed E-state index contributed by atoms with van der Waals surface area (Å²) in [6.07, 6.45) is 6.16. The number of esters is 1. The second-order valence-electron chi connectivity index (χ2n) is 15.9. The van der Waals surface area contributed by atoms with E-state index in [0.29, 0.717) is 61.9 Å². The number of carbonyl (C=O) groups excluding carboxylic acids is 1. The first-order valence-corrected chi connectivity index (χ1v) is 18.7. The molecule has 7 aliphatic rings. The maximum Gasteiger partial charge on any atom is 0.302 e. The van der Waals surface area contributed by atoms with Crippen LogP contribution in [0.1, 0.15) is 63.9 Å². The summed E-state index contributed by atoms with van der Waals surface area (Å²) in [5.74, 6) is 9.73. The van der Waals surface area contributed by atoms with Crippen molar-refractivity contribution in [1.82, 2.24) is 20.4 Å². The number of aliphatic hydroxyl groups is 1. The molecule has 2 aliphatic carbocycles. The van der Waals surface area contributed by atoms with Gasteiger partial charge in [-0.3, -0.25) is 9.69 Å². The molecule has 1 spiro atoms. The number of benzene rings is 1. The van der Waals surface area contributed by atoms with Gasteiger partial charge in [0.15, 0.2) is 17.5 Å². The fourth-order valence-electron chi connectivity index (χ4n) is 9.84. The molecule has 8 rings (SSSR count). The zero-order chi connectivity index (χ0) is 34.0. The van der Waals surface area contributed by atoms with Gasteiger partial charge in [-0.25, -0.2) is 4.99 Å². The van der Waals surface area contributed by atoms with Crippen molar-refractivity contribution in [2.24, 2.45) is 45.7 Å². The number of nitrogens with two attached hydrogens (primary N) is 1. The SMILES string of the molecule is CC(=O)OC1CC(O)C2CCC3CN4CC5CC(CN(CN=C(N)NCC3(C#CCC1Cc1ccc(O)c(OC3CCNCC3)c1)C2)C5)C4. The standard InChI is InChI=1S/C38H56N6O5/c1-25(45)48-35-16-34(47)30-5-6-31-22-43-18-27-13-28(19-43)21-44(20-27)24-42-37(39)41-23-38(31,17-30)10-2-3-29(35)14-26-4-7-33(46)36(15-26)49-32-8-11-40-12-9-32/h4,7,15,27-32,34-35,40,46-47H,3,5-6,8-9,11-14,16-24H2,1H3,(H3,39,41,42). The first-order chi connectivity index (χ1) is 23.7. The lowest BCUT2D eigenvalue weighted by atomic mass is 9.60. The van der Waals surface area contributed by atoms with Crippen LogP contribution in [0.3, 0.4) is 0 Å². The van der Waals surface area contributed by atoms with E-state index in [1.54, 1.807) is 6.07 Å². The Morgan fingerprint density at radius 1 is 1.08 bits per heavy atom. The Labute approximate surface area is 291 Å². The number of nitrogens with zero attached hydrogens (tertiary/aromatic N) is 3. The Hall–Kier alpha value is -3.04. The smallest absolute Gasteiger partial charge is 0.302 e. The molecule has 1 aromatic carbocycles. The molecule has 5 aliphatic heterocycles. The van der Waals surface area contributed by atoms with E-state index in [-0.39, 0.29) is 35.1 Å². The maximum absolute atomic E-state index is 12.4. The topological polar surface area (TPSA) is 145 Å². The lowest BCUT2D eigenvalue weighted by Crippen LogP contribution is -2.55. The number of aliphatic imine (C=N–C) groups is 1. The summed E-state index contributed by atoms with van der Waals surface area (Å²) in [5, 5.41) is 29.4. The van der Waals surface area contributed by atoms with Gasteiger partial charge in [0, 0.05) is 65.0 Å². The highest BCUT2D eigenvalue weighted by Gasteiger charge is 2.47. The molecule has 0 radical (unpaired) electrons. The highest BCUT2D eigenvalue weighted by molar-refractivity contribution is 5.77. The molecule has 3 saturated heterocycles. The van der Waals surface area contributed by atoms with Crippen molar-refractivity contribution in [2.45, 2.75) is 83.0 Å². The Morgan fingerprint density at radius 3 is 2.63 bits per heavy atom. The molecule has 49 heavy (non-hydrogen) atoms. The van der Waals surface area contributed by atoms with Gasteiger partial charge < -0.3 is 41.0 Å². The van der Waals surface area contributed by atoms with Gasteiger partial charge in [0.25, 0.3) is 0 Å². The van der Waals surface area contributed by atoms with Crippen LogP contribution in [0.4, 0.5) is 0 Å². The summed E-state index contributed by atoms with van der Waals surface area (Å²) < 4.78 is 12.2. The number of piperidine rings is 3. The lowest BCUT2D eigenvalue weighted by Gasteiger charge is -2.50. The van der Waals surface area contributed by atoms with E-state index in [1.165, 1.54) is 13.3 Å². The minimum Gasteiger partial charge on any atom is -0.504 e. The van der Waals surface area contributed by atoms with Crippen molar-refractivity contribution in [3.8, 4) is 23.3 Å². The number of nitrogens with one attached hydrogen (secondary N) is 2. The van der Waals surface area contributed by atoms with E-state index >= 15 is 0 Å². The summed E-state index contributed by atoms with van der Waals surface area (Å²) in [7, 11) is 0. The van der Waals surface area contributed by atoms with Crippen molar-refractivity contribution in [3.63, 3.8) is 0 Å². The number of hydrogen-bond acceptors (Lipinski definition) is 11. The fourth-order valence-corrected chi connectivity index (χ4v) is 9.84. The average molecular weight is 677 g/mol. The van der Waals surface area contributed by atoms with Crippen molar-refractivity contribution in [1.29, 1.82) is 0 Å². The zero-order valence-corrected chi connectivity index (χ0v) is 29.1. The van der Waals surface area contributed by atoms with Crippen LogP contribution in [0.5, 0.6) is 11.5 Å². The molecular formula is C38H56N6O5. The highest BCUT2D eigenvalue weighted by Crippen LogP contribution is 2.47. The van der Waals surface area contributed by atoms with Crippen molar-refractivity contribution in [3.05, 3.63) is 23.8 Å². The van der Waals surface area contributed by atoms with Gasteiger partial charge in [-0.05, 0) is 99.4 Å². The van der Waals surface area contributed by atoms with E-state index < -0.39 is 12.2 Å². The normalized spacial score (nSPS) is 38.2.